The van der Waals surface area contributed by atoms with Gasteiger partial charge in [0.2, 0.25) is 10.0 Å². The molecule has 162 valence electrons. The van der Waals surface area contributed by atoms with Crippen molar-refractivity contribution in [3.63, 3.8) is 0 Å². The number of aryl methyl sites for hydroxylation is 2. The topological polar surface area (TPSA) is 75.7 Å². The number of carbonyl (C=O) groups excluding carboxylic acids is 1. The van der Waals surface area contributed by atoms with Gasteiger partial charge in [0.1, 0.15) is 12.4 Å². The Morgan fingerprint density at radius 2 is 1.71 bits per heavy atom. The van der Waals surface area contributed by atoms with Gasteiger partial charge in [-0.3, -0.25) is 9.10 Å². The minimum atomic E-state index is -3.49. The van der Waals surface area contributed by atoms with Gasteiger partial charge in [0, 0.05) is 24.4 Å². The first-order valence-electron chi connectivity index (χ1n) is 9.78. The fourth-order valence-electron chi connectivity index (χ4n) is 3.05. The minimum Gasteiger partial charge on any atom is -0.487 e. The van der Waals surface area contributed by atoms with E-state index in [2.05, 4.69) is 5.32 Å². The van der Waals surface area contributed by atoms with Gasteiger partial charge in [-0.1, -0.05) is 42.0 Å². The SMILES string of the molecule is Cc1ccc(C)c(COc2cc(NC(=O)c3ccccc3)ccc2N(C)S(C)(=O)=O)c1. The van der Waals surface area contributed by atoms with Gasteiger partial charge in [-0.05, 0) is 49.2 Å². The average molecular weight is 439 g/mol. The third-order valence-corrected chi connectivity index (χ3v) is 6.17. The molecule has 0 atom stereocenters. The highest BCUT2D eigenvalue weighted by molar-refractivity contribution is 7.92. The lowest BCUT2D eigenvalue weighted by atomic mass is 10.1. The lowest BCUT2D eigenvalue weighted by Crippen LogP contribution is -2.25. The molecule has 0 fully saturated rings. The summed E-state index contributed by atoms with van der Waals surface area (Å²) < 4.78 is 31.4. The summed E-state index contributed by atoms with van der Waals surface area (Å²) in [6, 6.07) is 19.9. The first-order chi connectivity index (χ1) is 14.6. The van der Waals surface area contributed by atoms with Crippen LogP contribution in [0.1, 0.15) is 27.0 Å². The molecule has 0 heterocycles. The number of nitrogens with one attached hydrogen (secondary N) is 1. The first-order valence-corrected chi connectivity index (χ1v) is 11.6. The number of hydrogen-bond donors (Lipinski definition) is 1. The van der Waals surface area contributed by atoms with E-state index in [1.54, 1.807) is 42.5 Å². The molecule has 0 aliphatic carbocycles. The van der Waals surface area contributed by atoms with Crippen molar-refractivity contribution in [1.29, 1.82) is 0 Å². The van der Waals surface area contributed by atoms with E-state index in [9.17, 15) is 13.2 Å². The number of rotatable bonds is 7. The normalized spacial score (nSPS) is 11.1. The summed E-state index contributed by atoms with van der Waals surface area (Å²) in [5.74, 6) is 0.102. The first kappa shape index (κ1) is 22.4. The molecule has 1 N–H and O–H groups in total. The highest BCUT2D eigenvalue weighted by Crippen LogP contribution is 2.33. The molecule has 1 amide bonds. The predicted molar refractivity (Wildman–Crippen MR) is 124 cm³/mol. The molecular weight excluding hydrogens is 412 g/mol. The molecule has 0 radical (unpaired) electrons. The van der Waals surface area contributed by atoms with Crippen molar-refractivity contribution in [2.75, 3.05) is 22.9 Å². The molecule has 0 aliphatic rings. The minimum absolute atomic E-state index is 0.259. The largest absolute Gasteiger partial charge is 0.487 e. The van der Waals surface area contributed by atoms with Crippen molar-refractivity contribution in [3.05, 3.63) is 89.0 Å². The number of nitrogens with zero attached hydrogens (tertiary/aromatic N) is 1. The van der Waals surface area contributed by atoms with Gasteiger partial charge >= 0.3 is 0 Å². The summed E-state index contributed by atoms with van der Waals surface area (Å²) >= 11 is 0. The summed E-state index contributed by atoms with van der Waals surface area (Å²) in [6.07, 6.45) is 1.13. The molecule has 0 aliphatic heterocycles. The standard InChI is InChI=1S/C24H26N2O4S/c1-17-10-11-18(2)20(14-17)16-30-23-15-21(12-13-22(23)26(3)31(4,28)29)25-24(27)19-8-6-5-7-9-19/h5-15H,16H2,1-4H3,(H,25,27). The molecule has 7 heteroatoms. The van der Waals surface area contributed by atoms with Gasteiger partial charge < -0.3 is 10.1 Å². The monoisotopic (exact) mass is 438 g/mol. The van der Waals surface area contributed by atoms with E-state index in [0.717, 1.165) is 27.3 Å². The van der Waals surface area contributed by atoms with Crippen molar-refractivity contribution >= 4 is 27.3 Å². The summed E-state index contributed by atoms with van der Waals surface area (Å²) in [6.45, 7) is 4.28. The smallest absolute Gasteiger partial charge is 0.255 e. The number of anilines is 2. The zero-order valence-corrected chi connectivity index (χ0v) is 18.9. The van der Waals surface area contributed by atoms with Crippen LogP contribution in [0.5, 0.6) is 5.75 Å². The Hall–Kier alpha value is -3.32. The molecule has 3 aromatic rings. The molecule has 0 aromatic heterocycles. The second-order valence-corrected chi connectivity index (χ2v) is 9.47. The average Bonchev–Trinajstić information content (AvgIpc) is 2.74. The van der Waals surface area contributed by atoms with Crippen LogP contribution in [0.2, 0.25) is 0 Å². The van der Waals surface area contributed by atoms with E-state index in [0.29, 0.717) is 22.7 Å². The molecule has 0 spiro atoms. The third-order valence-electron chi connectivity index (χ3n) is 4.98. The van der Waals surface area contributed by atoms with Gasteiger partial charge in [-0.25, -0.2) is 8.42 Å². The van der Waals surface area contributed by atoms with E-state index in [-0.39, 0.29) is 12.5 Å². The Labute approximate surface area is 183 Å². The fourth-order valence-corrected chi connectivity index (χ4v) is 3.56. The van der Waals surface area contributed by atoms with Gasteiger partial charge in [0.15, 0.2) is 0 Å². The van der Waals surface area contributed by atoms with Crippen molar-refractivity contribution in [2.24, 2.45) is 0 Å². The van der Waals surface area contributed by atoms with Crippen LogP contribution in [0.4, 0.5) is 11.4 Å². The van der Waals surface area contributed by atoms with E-state index < -0.39 is 10.0 Å². The van der Waals surface area contributed by atoms with E-state index in [1.165, 1.54) is 7.05 Å². The highest BCUT2D eigenvalue weighted by Gasteiger charge is 2.18. The zero-order chi connectivity index (χ0) is 22.6. The summed E-state index contributed by atoms with van der Waals surface area (Å²) in [5.41, 5.74) is 4.63. The number of carbonyl (C=O) groups is 1. The molecular formula is C24H26N2O4S. The van der Waals surface area contributed by atoms with E-state index >= 15 is 0 Å². The molecule has 31 heavy (non-hydrogen) atoms. The quantitative estimate of drug-likeness (QED) is 0.588. The number of ether oxygens (including phenoxy) is 1. The fraction of sp³-hybridized carbons (Fsp3) is 0.208. The van der Waals surface area contributed by atoms with Crippen LogP contribution in [0.3, 0.4) is 0 Å². The van der Waals surface area contributed by atoms with E-state index in [4.69, 9.17) is 4.74 Å². The van der Waals surface area contributed by atoms with Crippen molar-refractivity contribution in [2.45, 2.75) is 20.5 Å². The van der Waals surface area contributed by atoms with Gasteiger partial charge in [0.05, 0.1) is 11.9 Å². The van der Waals surface area contributed by atoms with E-state index in [1.807, 2.05) is 38.1 Å². The molecule has 3 rings (SSSR count). The second-order valence-electron chi connectivity index (χ2n) is 7.45. The van der Waals surface area contributed by atoms with Crippen LogP contribution in [-0.2, 0) is 16.6 Å². The van der Waals surface area contributed by atoms with Crippen molar-refractivity contribution in [3.8, 4) is 5.75 Å². The number of amides is 1. The van der Waals surface area contributed by atoms with Crippen LogP contribution >= 0.6 is 0 Å². The third kappa shape index (κ3) is 5.64. The number of hydrogen-bond acceptors (Lipinski definition) is 4. The van der Waals surface area contributed by atoms with Crippen LogP contribution in [0.25, 0.3) is 0 Å². The Bertz CT molecular complexity index is 1190. The Morgan fingerprint density at radius 3 is 2.39 bits per heavy atom. The second kappa shape index (κ2) is 9.22. The molecule has 6 nitrogen and oxygen atoms in total. The highest BCUT2D eigenvalue weighted by atomic mass is 32.2. The Kier molecular flexibility index (Phi) is 6.65. The lowest BCUT2D eigenvalue weighted by Gasteiger charge is -2.21. The Balaban J connectivity index is 1.91. The van der Waals surface area contributed by atoms with Crippen LogP contribution in [0, 0.1) is 13.8 Å². The summed E-state index contributed by atoms with van der Waals surface area (Å²) in [7, 11) is -2.02. The summed E-state index contributed by atoms with van der Waals surface area (Å²) in [5, 5.41) is 2.84. The number of benzene rings is 3. The molecule has 0 unspecified atom stereocenters. The lowest BCUT2D eigenvalue weighted by molar-refractivity contribution is 0.102. The van der Waals surface area contributed by atoms with Crippen LogP contribution < -0.4 is 14.4 Å². The molecule has 3 aromatic carbocycles. The Morgan fingerprint density at radius 1 is 1.00 bits per heavy atom. The van der Waals surface area contributed by atoms with Crippen molar-refractivity contribution < 1.29 is 17.9 Å². The van der Waals surface area contributed by atoms with Gasteiger partial charge in [-0.2, -0.15) is 0 Å². The predicted octanol–water partition coefficient (Wildman–Crippen LogP) is 4.53. The summed E-state index contributed by atoms with van der Waals surface area (Å²) in [4.78, 5) is 12.5. The van der Waals surface area contributed by atoms with Crippen molar-refractivity contribution in [1.82, 2.24) is 0 Å². The van der Waals surface area contributed by atoms with Crippen LogP contribution in [0.15, 0.2) is 66.7 Å². The van der Waals surface area contributed by atoms with Gasteiger partial charge in [-0.15, -0.1) is 0 Å². The maximum atomic E-state index is 12.5. The molecule has 0 saturated carbocycles. The van der Waals surface area contributed by atoms with Gasteiger partial charge in [0.25, 0.3) is 5.91 Å². The van der Waals surface area contributed by atoms with Crippen LogP contribution in [-0.4, -0.2) is 27.6 Å². The maximum absolute atomic E-state index is 12.5. The molecule has 0 saturated heterocycles. The zero-order valence-electron chi connectivity index (χ0n) is 18.0. The number of sulfonamides is 1. The maximum Gasteiger partial charge on any atom is 0.255 e. The molecule has 0 bridgehead atoms.